The SMILES string of the molecule is COCCN(C(=O)OC(C)(C)C)C1=CCC([NH+]([O-])O)N=C1. The summed E-state index contributed by atoms with van der Waals surface area (Å²) in [5.74, 6) is 0. The molecule has 2 N–H and O–H groups in total. The standard InChI is InChI=1S/C13H23N3O5/c1-13(2,3)21-12(17)15(7-8-20-4)10-5-6-11(14-9-10)16(18)19/h5,9,11,16,18H,6-8H2,1-4H3. The molecule has 0 aromatic carbocycles. The number of carbonyl (C=O) groups excluding carboxylic acids is 1. The fourth-order valence-corrected chi connectivity index (χ4v) is 1.68. The van der Waals surface area contributed by atoms with Crippen LogP contribution in [0.15, 0.2) is 16.8 Å². The third-order valence-corrected chi connectivity index (χ3v) is 2.67. The van der Waals surface area contributed by atoms with Gasteiger partial charge in [0.1, 0.15) is 5.60 Å². The highest BCUT2D eigenvalue weighted by atomic mass is 16.8. The molecule has 8 nitrogen and oxygen atoms in total. The van der Waals surface area contributed by atoms with Crippen LogP contribution in [0.4, 0.5) is 4.79 Å². The van der Waals surface area contributed by atoms with Crippen molar-refractivity contribution in [2.75, 3.05) is 20.3 Å². The zero-order valence-corrected chi connectivity index (χ0v) is 12.8. The maximum atomic E-state index is 12.2. The van der Waals surface area contributed by atoms with Gasteiger partial charge >= 0.3 is 6.09 Å². The van der Waals surface area contributed by atoms with Crippen LogP contribution in [0.5, 0.6) is 0 Å². The summed E-state index contributed by atoms with van der Waals surface area (Å²) in [4.78, 5) is 17.5. The summed E-state index contributed by atoms with van der Waals surface area (Å²) in [6.07, 6.45) is 2.00. The van der Waals surface area contributed by atoms with Crippen LogP contribution in [-0.2, 0) is 9.47 Å². The quantitative estimate of drug-likeness (QED) is 0.713. The second kappa shape index (κ2) is 7.51. The van der Waals surface area contributed by atoms with E-state index in [1.165, 1.54) is 18.2 Å². The monoisotopic (exact) mass is 301 g/mol. The Morgan fingerprint density at radius 3 is 2.71 bits per heavy atom. The van der Waals surface area contributed by atoms with E-state index in [2.05, 4.69) is 4.99 Å². The number of nitrogens with one attached hydrogen (secondary N) is 1. The van der Waals surface area contributed by atoms with Gasteiger partial charge < -0.3 is 14.7 Å². The second-order valence-corrected chi connectivity index (χ2v) is 5.62. The molecule has 0 saturated carbocycles. The average molecular weight is 301 g/mol. The summed E-state index contributed by atoms with van der Waals surface area (Å²) in [6, 6.07) is 0. The average Bonchev–Trinajstić information content (AvgIpc) is 2.37. The third kappa shape index (κ3) is 5.80. The lowest BCUT2D eigenvalue weighted by atomic mass is 10.2. The van der Waals surface area contributed by atoms with Gasteiger partial charge in [-0.2, -0.15) is 0 Å². The van der Waals surface area contributed by atoms with Crippen LogP contribution in [-0.4, -0.2) is 54.4 Å². The minimum absolute atomic E-state index is 0.243. The van der Waals surface area contributed by atoms with Crippen molar-refractivity contribution in [3.05, 3.63) is 17.0 Å². The van der Waals surface area contributed by atoms with Gasteiger partial charge in [-0.1, -0.05) is 6.08 Å². The Hall–Kier alpha value is -1.48. The summed E-state index contributed by atoms with van der Waals surface area (Å²) in [5.41, 5.74) is -0.0861. The van der Waals surface area contributed by atoms with E-state index in [4.69, 9.17) is 14.7 Å². The number of hydrogen-bond acceptors (Lipinski definition) is 6. The number of methoxy groups -OCH3 is 1. The number of dihydropyridines is 1. The molecule has 1 amide bonds. The van der Waals surface area contributed by atoms with Crippen molar-refractivity contribution in [2.45, 2.75) is 39.0 Å². The van der Waals surface area contributed by atoms with Gasteiger partial charge in [0.2, 0.25) is 6.17 Å². The van der Waals surface area contributed by atoms with Crippen molar-refractivity contribution in [1.82, 2.24) is 4.90 Å². The zero-order chi connectivity index (χ0) is 16.0. The summed E-state index contributed by atoms with van der Waals surface area (Å²) in [5, 5.41) is 18.8. The Kier molecular flexibility index (Phi) is 6.28. The molecule has 1 heterocycles. The minimum Gasteiger partial charge on any atom is -0.598 e. The second-order valence-electron chi connectivity index (χ2n) is 5.62. The smallest absolute Gasteiger partial charge is 0.414 e. The molecule has 0 aliphatic carbocycles. The van der Waals surface area contributed by atoms with Gasteiger partial charge in [-0.3, -0.25) is 4.90 Å². The van der Waals surface area contributed by atoms with Crippen LogP contribution in [0.1, 0.15) is 27.2 Å². The summed E-state index contributed by atoms with van der Waals surface area (Å²) in [6.45, 7) is 5.99. The summed E-state index contributed by atoms with van der Waals surface area (Å²) >= 11 is 0. The zero-order valence-electron chi connectivity index (χ0n) is 12.8. The minimum atomic E-state index is -0.984. The number of allylic oxidation sites excluding steroid dienone is 1. The highest BCUT2D eigenvalue weighted by Gasteiger charge is 2.26. The van der Waals surface area contributed by atoms with Crippen molar-refractivity contribution in [3.63, 3.8) is 0 Å². The Morgan fingerprint density at radius 2 is 2.29 bits per heavy atom. The fraction of sp³-hybridized carbons (Fsp3) is 0.692. The van der Waals surface area contributed by atoms with E-state index >= 15 is 0 Å². The molecule has 120 valence electrons. The van der Waals surface area contributed by atoms with Crippen LogP contribution in [0.2, 0.25) is 0 Å². The maximum absolute atomic E-state index is 12.2. The number of carbonyl (C=O) groups is 1. The Labute approximate surface area is 124 Å². The number of amides is 1. The predicted molar refractivity (Wildman–Crippen MR) is 75.9 cm³/mol. The van der Waals surface area contributed by atoms with E-state index in [0.717, 1.165) is 0 Å². The molecule has 0 saturated heterocycles. The van der Waals surface area contributed by atoms with Crippen LogP contribution in [0.3, 0.4) is 0 Å². The maximum Gasteiger partial charge on any atom is 0.414 e. The van der Waals surface area contributed by atoms with Crippen molar-refractivity contribution < 1.29 is 24.7 Å². The molecular formula is C13H23N3O5. The molecule has 0 fully saturated rings. The molecule has 1 aliphatic rings. The van der Waals surface area contributed by atoms with Gasteiger partial charge in [0.25, 0.3) is 0 Å². The highest BCUT2D eigenvalue weighted by Crippen LogP contribution is 2.15. The first kappa shape index (κ1) is 17.6. The molecular weight excluding hydrogens is 278 g/mol. The Morgan fingerprint density at radius 1 is 1.62 bits per heavy atom. The highest BCUT2D eigenvalue weighted by molar-refractivity contribution is 5.85. The molecule has 2 unspecified atom stereocenters. The lowest BCUT2D eigenvalue weighted by molar-refractivity contribution is -1.07. The first-order valence-electron chi connectivity index (χ1n) is 6.70. The molecule has 21 heavy (non-hydrogen) atoms. The first-order valence-corrected chi connectivity index (χ1v) is 6.70. The van der Waals surface area contributed by atoms with Crippen molar-refractivity contribution in [2.24, 2.45) is 4.99 Å². The van der Waals surface area contributed by atoms with Gasteiger partial charge in [-0.05, 0) is 20.8 Å². The van der Waals surface area contributed by atoms with Gasteiger partial charge in [-0.25, -0.2) is 20.2 Å². The van der Waals surface area contributed by atoms with E-state index in [-0.39, 0.29) is 6.42 Å². The van der Waals surface area contributed by atoms with E-state index in [9.17, 15) is 10.0 Å². The topological polar surface area (TPSA) is 98.9 Å². The van der Waals surface area contributed by atoms with Gasteiger partial charge in [0.05, 0.1) is 25.1 Å². The van der Waals surface area contributed by atoms with E-state index in [1.807, 2.05) is 0 Å². The molecule has 0 aromatic heterocycles. The number of ether oxygens (including phenoxy) is 2. The molecule has 0 radical (unpaired) electrons. The molecule has 1 aliphatic heterocycles. The number of aliphatic imine (C=N–C) groups is 1. The first-order chi connectivity index (χ1) is 9.74. The Bertz CT molecular complexity index is 415. The van der Waals surface area contributed by atoms with Gasteiger partial charge in [0, 0.05) is 13.5 Å². The summed E-state index contributed by atoms with van der Waals surface area (Å²) in [7, 11) is 1.54. The molecule has 0 aromatic rings. The Balaban J connectivity index is 2.79. The van der Waals surface area contributed by atoms with Gasteiger partial charge in [0.15, 0.2) is 0 Å². The number of nitrogens with zero attached hydrogens (tertiary/aromatic N) is 2. The number of rotatable bonds is 5. The van der Waals surface area contributed by atoms with Crippen LogP contribution in [0.25, 0.3) is 0 Å². The number of hydrogen-bond donors (Lipinski definition) is 2. The molecule has 1 rings (SSSR count). The molecule has 2 atom stereocenters. The lowest BCUT2D eigenvalue weighted by Gasteiger charge is -2.29. The van der Waals surface area contributed by atoms with Crippen LogP contribution >= 0.6 is 0 Å². The van der Waals surface area contributed by atoms with Crippen LogP contribution in [0, 0.1) is 5.21 Å². The normalized spacial score (nSPS) is 19.9. The number of hydroxylamine groups is 2. The van der Waals surface area contributed by atoms with Crippen molar-refractivity contribution in [3.8, 4) is 0 Å². The predicted octanol–water partition coefficient (Wildman–Crippen LogP) is 0.326. The molecule has 0 spiro atoms. The van der Waals surface area contributed by atoms with Crippen molar-refractivity contribution >= 4 is 12.3 Å². The van der Waals surface area contributed by atoms with E-state index in [1.54, 1.807) is 26.8 Å². The molecule has 8 heteroatoms. The van der Waals surface area contributed by atoms with Crippen molar-refractivity contribution in [1.29, 1.82) is 0 Å². The number of quaternary nitrogens is 1. The molecule has 0 bridgehead atoms. The lowest BCUT2D eigenvalue weighted by Crippen LogP contribution is -3.08. The van der Waals surface area contributed by atoms with E-state index < -0.39 is 23.1 Å². The van der Waals surface area contributed by atoms with Crippen LogP contribution < -0.4 is 5.23 Å². The van der Waals surface area contributed by atoms with E-state index in [0.29, 0.717) is 18.8 Å². The third-order valence-electron chi connectivity index (χ3n) is 2.67. The fourth-order valence-electron chi connectivity index (χ4n) is 1.68. The largest absolute Gasteiger partial charge is 0.598 e. The van der Waals surface area contributed by atoms with Gasteiger partial charge in [-0.15, -0.1) is 0 Å². The summed E-state index contributed by atoms with van der Waals surface area (Å²) < 4.78 is 10.3.